The van der Waals surface area contributed by atoms with Crippen LogP contribution in [-0.4, -0.2) is 0 Å². The summed E-state index contributed by atoms with van der Waals surface area (Å²) < 4.78 is 12.9. The van der Waals surface area contributed by atoms with Crippen molar-refractivity contribution in [2.75, 3.05) is 0 Å². The summed E-state index contributed by atoms with van der Waals surface area (Å²) in [4.78, 5) is 0. The molecule has 19 heavy (non-hydrogen) atoms. The molecule has 0 saturated carbocycles. The van der Waals surface area contributed by atoms with Crippen molar-refractivity contribution in [2.45, 2.75) is 32.4 Å². The van der Waals surface area contributed by atoms with Gasteiger partial charge in [0.2, 0.25) is 0 Å². The minimum atomic E-state index is -0.189. The maximum absolute atomic E-state index is 12.9. The Kier molecular flexibility index (Phi) is 4.69. The molecule has 0 saturated heterocycles. The molecule has 2 atom stereocenters. The third-order valence-corrected chi connectivity index (χ3v) is 3.43. The van der Waals surface area contributed by atoms with Crippen molar-refractivity contribution in [2.24, 2.45) is 0 Å². The average Bonchev–Trinajstić information content (AvgIpc) is 2.46. The fraction of sp³-hybridized carbons (Fsp3) is 0.294. The standard InChI is InChI=1S/C17H20FN/c1-3-17(15-7-5-4-6-8-15)19-13(2)14-9-11-16(18)12-10-14/h4-13,17,19H,3H2,1-2H3. The van der Waals surface area contributed by atoms with Crippen LogP contribution in [0.2, 0.25) is 0 Å². The summed E-state index contributed by atoms with van der Waals surface area (Å²) >= 11 is 0. The number of hydrogen-bond acceptors (Lipinski definition) is 1. The van der Waals surface area contributed by atoms with E-state index in [1.54, 1.807) is 0 Å². The van der Waals surface area contributed by atoms with Gasteiger partial charge in [0.25, 0.3) is 0 Å². The molecule has 1 N–H and O–H groups in total. The Hall–Kier alpha value is -1.67. The summed E-state index contributed by atoms with van der Waals surface area (Å²) in [6.45, 7) is 4.28. The maximum atomic E-state index is 12.9. The molecule has 0 radical (unpaired) electrons. The molecule has 100 valence electrons. The van der Waals surface area contributed by atoms with Crippen LogP contribution in [0.15, 0.2) is 54.6 Å². The Morgan fingerprint density at radius 1 is 0.947 bits per heavy atom. The number of hydrogen-bond donors (Lipinski definition) is 1. The highest BCUT2D eigenvalue weighted by Crippen LogP contribution is 2.22. The highest BCUT2D eigenvalue weighted by Gasteiger charge is 2.13. The Morgan fingerprint density at radius 3 is 2.16 bits per heavy atom. The van der Waals surface area contributed by atoms with Gasteiger partial charge in [0, 0.05) is 12.1 Å². The molecular formula is C17H20FN. The molecule has 0 aliphatic carbocycles. The van der Waals surface area contributed by atoms with Gasteiger partial charge in [0.1, 0.15) is 5.82 Å². The van der Waals surface area contributed by atoms with Crippen LogP contribution in [0.1, 0.15) is 43.5 Å². The molecule has 2 aromatic rings. The van der Waals surface area contributed by atoms with Crippen molar-refractivity contribution >= 4 is 0 Å². The van der Waals surface area contributed by atoms with Crippen molar-refractivity contribution in [3.63, 3.8) is 0 Å². The second-order valence-corrected chi connectivity index (χ2v) is 4.81. The first-order chi connectivity index (χ1) is 9.20. The number of nitrogens with one attached hydrogen (secondary N) is 1. The van der Waals surface area contributed by atoms with Crippen LogP contribution in [0.4, 0.5) is 4.39 Å². The maximum Gasteiger partial charge on any atom is 0.123 e. The molecule has 2 unspecified atom stereocenters. The van der Waals surface area contributed by atoms with Crippen LogP contribution >= 0.6 is 0 Å². The molecule has 0 bridgehead atoms. The Bertz CT molecular complexity index is 492. The number of benzene rings is 2. The average molecular weight is 257 g/mol. The lowest BCUT2D eigenvalue weighted by molar-refractivity contribution is 0.456. The van der Waals surface area contributed by atoms with E-state index in [9.17, 15) is 4.39 Å². The van der Waals surface area contributed by atoms with E-state index in [0.29, 0.717) is 6.04 Å². The van der Waals surface area contributed by atoms with Crippen LogP contribution in [-0.2, 0) is 0 Å². The summed E-state index contributed by atoms with van der Waals surface area (Å²) in [5, 5.41) is 3.60. The molecule has 0 aliphatic heterocycles. The van der Waals surface area contributed by atoms with Crippen molar-refractivity contribution in [1.29, 1.82) is 0 Å². The first kappa shape index (κ1) is 13.8. The SMILES string of the molecule is CCC(NC(C)c1ccc(F)cc1)c1ccccc1. The van der Waals surface area contributed by atoms with E-state index in [-0.39, 0.29) is 11.9 Å². The van der Waals surface area contributed by atoms with Gasteiger partial charge in [-0.2, -0.15) is 0 Å². The molecule has 0 aromatic heterocycles. The van der Waals surface area contributed by atoms with Gasteiger partial charge in [-0.3, -0.25) is 0 Å². The summed E-state index contributed by atoms with van der Waals surface area (Å²) in [6.07, 6.45) is 1.02. The molecule has 0 spiro atoms. The summed E-state index contributed by atoms with van der Waals surface area (Å²) in [5.41, 5.74) is 2.40. The number of halogens is 1. The lowest BCUT2D eigenvalue weighted by Gasteiger charge is -2.23. The van der Waals surface area contributed by atoms with Gasteiger partial charge in [0.05, 0.1) is 0 Å². The third-order valence-electron chi connectivity index (χ3n) is 3.43. The fourth-order valence-corrected chi connectivity index (χ4v) is 2.28. The van der Waals surface area contributed by atoms with Crippen molar-refractivity contribution < 1.29 is 4.39 Å². The molecule has 2 aromatic carbocycles. The molecule has 2 rings (SSSR count). The Labute approximate surface area is 114 Å². The monoisotopic (exact) mass is 257 g/mol. The first-order valence-corrected chi connectivity index (χ1v) is 6.77. The zero-order valence-corrected chi connectivity index (χ0v) is 11.4. The predicted octanol–water partition coefficient (Wildman–Crippen LogP) is 4.63. The van der Waals surface area contributed by atoms with Crippen molar-refractivity contribution in [1.82, 2.24) is 5.32 Å². The minimum absolute atomic E-state index is 0.189. The summed E-state index contributed by atoms with van der Waals surface area (Å²) in [5.74, 6) is -0.189. The molecule has 0 amide bonds. The van der Waals surface area contributed by atoms with Gasteiger partial charge >= 0.3 is 0 Å². The minimum Gasteiger partial charge on any atom is -0.303 e. The molecule has 0 fully saturated rings. The van der Waals surface area contributed by atoms with Gasteiger partial charge in [-0.1, -0.05) is 49.4 Å². The van der Waals surface area contributed by atoms with Gasteiger partial charge in [-0.25, -0.2) is 4.39 Å². The van der Waals surface area contributed by atoms with Gasteiger partial charge < -0.3 is 5.32 Å². The quantitative estimate of drug-likeness (QED) is 0.823. The van der Waals surface area contributed by atoms with Crippen molar-refractivity contribution in [3.05, 3.63) is 71.5 Å². The predicted molar refractivity (Wildman–Crippen MR) is 77.4 cm³/mol. The van der Waals surface area contributed by atoms with E-state index in [4.69, 9.17) is 0 Å². The highest BCUT2D eigenvalue weighted by molar-refractivity contribution is 5.22. The molecule has 0 aliphatic rings. The second-order valence-electron chi connectivity index (χ2n) is 4.81. The van der Waals surface area contributed by atoms with Crippen LogP contribution in [0, 0.1) is 5.82 Å². The molecule has 1 nitrogen and oxygen atoms in total. The Morgan fingerprint density at radius 2 is 1.58 bits per heavy atom. The largest absolute Gasteiger partial charge is 0.303 e. The second kappa shape index (κ2) is 6.48. The lowest BCUT2D eigenvalue weighted by Crippen LogP contribution is -2.24. The van der Waals surface area contributed by atoms with E-state index in [1.807, 2.05) is 18.2 Å². The van der Waals surface area contributed by atoms with Gasteiger partial charge in [-0.05, 0) is 36.6 Å². The normalized spacial score (nSPS) is 14.1. The van der Waals surface area contributed by atoms with Gasteiger partial charge in [-0.15, -0.1) is 0 Å². The zero-order chi connectivity index (χ0) is 13.7. The summed E-state index contributed by atoms with van der Waals surface area (Å²) in [6, 6.07) is 17.6. The zero-order valence-electron chi connectivity index (χ0n) is 11.4. The van der Waals surface area contributed by atoms with Crippen LogP contribution < -0.4 is 5.32 Å². The Balaban J connectivity index is 2.08. The van der Waals surface area contributed by atoms with E-state index >= 15 is 0 Å². The van der Waals surface area contributed by atoms with Crippen LogP contribution in [0.5, 0.6) is 0 Å². The van der Waals surface area contributed by atoms with Crippen LogP contribution in [0.25, 0.3) is 0 Å². The topological polar surface area (TPSA) is 12.0 Å². The third kappa shape index (κ3) is 3.65. The van der Waals surface area contributed by atoms with Gasteiger partial charge in [0.15, 0.2) is 0 Å². The first-order valence-electron chi connectivity index (χ1n) is 6.77. The lowest BCUT2D eigenvalue weighted by atomic mass is 10.0. The molecular weight excluding hydrogens is 237 g/mol. The number of rotatable bonds is 5. The summed E-state index contributed by atoms with van der Waals surface area (Å²) in [7, 11) is 0. The highest BCUT2D eigenvalue weighted by atomic mass is 19.1. The van der Waals surface area contributed by atoms with E-state index < -0.39 is 0 Å². The molecule has 2 heteroatoms. The smallest absolute Gasteiger partial charge is 0.123 e. The van der Waals surface area contributed by atoms with Crippen LogP contribution in [0.3, 0.4) is 0 Å². The van der Waals surface area contributed by atoms with Crippen molar-refractivity contribution in [3.8, 4) is 0 Å². The van der Waals surface area contributed by atoms with E-state index in [0.717, 1.165) is 12.0 Å². The fourth-order valence-electron chi connectivity index (χ4n) is 2.28. The molecule has 0 heterocycles. The van der Waals surface area contributed by atoms with E-state index in [2.05, 4.69) is 43.4 Å². The van der Waals surface area contributed by atoms with E-state index in [1.165, 1.54) is 17.7 Å².